The second kappa shape index (κ2) is 11.5. The van der Waals surface area contributed by atoms with Crippen molar-refractivity contribution in [2.24, 2.45) is 4.99 Å². The van der Waals surface area contributed by atoms with Crippen molar-refractivity contribution in [3.63, 3.8) is 0 Å². The second-order valence-corrected chi connectivity index (χ2v) is 11.7. The minimum absolute atomic E-state index is 0.0593. The Hall–Kier alpha value is -1.93. The van der Waals surface area contributed by atoms with Crippen molar-refractivity contribution in [2.45, 2.75) is 90.0 Å². The molecule has 0 atom stereocenters. The van der Waals surface area contributed by atoms with Gasteiger partial charge in [0.15, 0.2) is 0 Å². The van der Waals surface area contributed by atoms with Gasteiger partial charge in [0.2, 0.25) is 10.0 Å². The largest absolute Gasteiger partial charge is 0.399 e. The van der Waals surface area contributed by atoms with Gasteiger partial charge in [-0.3, -0.25) is 9.79 Å². The molecule has 2 aliphatic rings. The predicted octanol–water partition coefficient (Wildman–Crippen LogP) is 3.95. The van der Waals surface area contributed by atoms with Crippen molar-refractivity contribution in [3.8, 4) is 0 Å². The van der Waals surface area contributed by atoms with Gasteiger partial charge in [-0.1, -0.05) is 51.5 Å². The van der Waals surface area contributed by atoms with Crippen LogP contribution in [0.4, 0.5) is 5.69 Å². The molecule has 1 saturated heterocycles. The quantitative estimate of drug-likeness (QED) is 0.352. The number of aryl methyl sites for hydroxylation is 2. The average Bonchev–Trinajstić information content (AvgIpc) is 3.07. The molecule has 1 aromatic carbocycles. The van der Waals surface area contributed by atoms with E-state index < -0.39 is 15.6 Å². The Morgan fingerprint density at radius 1 is 1.06 bits per heavy atom. The molecule has 0 bridgehead atoms. The highest BCUT2D eigenvalue weighted by Gasteiger charge is 2.47. The number of hydrogen-bond donors (Lipinski definition) is 2. The Kier molecular flexibility index (Phi) is 8.93. The number of unbranched alkanes of at least 4 members (excludes halogenated alkanes) is 6. The minimum Gasteiger partial charge on any atom is -0.399 e. The van der Waals surface area contributed by atoms with Gasteiger partial charge in [0.05, 0.1) is 5.75 Å². The molecule has 3 rings (SSSR count). The number of piperidine rings is 1. The number of sulfonamides is 1. The first-order valence-corrected chi connectivity index (χ1v) is 14.1. The summed E-state index contributed by atoms with van der Waals surface area (Å²) in [6, 6.07) is 5.57. The molecule has 1 amide bonds. The first-order valence-electron chi connectivity index (χ1n) is 12.5. The molecule has 0 unspecified atom stereocenters. The third-order valence-electron chi connectivity index (χ3n) is 6.99. The van der Waals surface area contributed by atoms with Gasteiger partial charge in [-0.2, -0.15) is 0 Å². The van der Waals surface area contributed by atoms with Crippen molar-refractivity contribution >= 4 is 27.5 Å². The van der Waals surface area contributed by atoms with Gasteiger partial charge in [0.1, 0.15) is 11.4 Å². The van der Waals surface area contributed by atoms with Gasteiger partial charge in [-0.25, -0.2) is 12.7 Å². The number of nitrogen functional groups attached to an aromatic ring is 1. The zero-order valence-corrected chi connectivity index (χ0v) is 21.1. The van der Waals surface area contributed by atoms with Crippen molar-refractivity contribution in [1.29, 1.82) is 0 Å². The number of nitrogens with one attached hydrogen (secondary N) is 1. The fourth-order valence-corrected chi connectivity index (χ4v) is 6.27. The zero-order chi connectivity index (χ0) is 23.9. The lowest BCUT2D eigenvalue weighted by Gasteiger charge is -2.34. The molecule has 0 aromatic heterocycles. The molecule has 33 heavy (non-hydrogen) atoms. The van der Waals surface area contributed by atoms with E-state index in [0.29, 0.717) is 38.0 Å². The molecule has 0 saturated carbocycles. The van der Waals surface area contributed by atoms with Crippen LogP contribution < -0.4 is 11.1 Å². The SMILES string of the molecule is CCCCCCCCCC1=NC2(CCN(S(=O)(=O)CCc3ccc(N)cc3C)CC2)C(=O)N1. The van der Waals surface area contributed by atoms with E-state index in [1.54, 1.807) is 6.07 Å². The number of carbonyl (C=O) groups excluding carboxylic acids is 1. The van der Waals surface area contributed by atoms with Crippen LogP contribution in [0.15, 0.2) is 23.2 Å². The van der Waals surface area contributed by atoms with Crippen LogP contribution in [-0.4, -0.2) is 48.8 Å². The van der Waals surface area contributed by atoms with E-state index >= 15 is 0 Å². The number of aliphatic imine (C=N–C) groups is 1. The lowest BCUT2D eigenvalue weighted by atomic mass is 9.89. The maximum Gasteiger partial charge on any atom is 0.253 e. The maximum atomic E-state index is 12.9. The summed E-state index contributed by atoms with van der Waals surface area (Å²) in [7, 11) is -3.39. The van der Waals surface area contributed by atoms with Gasteiger partial charge in [-0.05, 0) is 55.9 Å². The molecule has 2 aliphatic heterocycles. The summed E-state index contributed by atoms with van der Waals surface area (Å²) in [5.41, 5.74) is 7.70. The first-order chi connectivity index (χ1) is 15.8. The molecule has 1 fully saturated rings. The summed E-state index contributed by atoms with van der Waals surface area (Å²) in [6.07, 6.45) is 10.7. The van der Waals surface area contributed by atoms with Crippen LogP contribution in [-0.2, 0) is 21.2 Å². The third kappa shape index (κ3) is 6.79. The zero-order valence-electron chi connectivity index (χ0n) is 20.2. The molecule has 2 heterocycles. The Labute approximate surface area is 199 Å². The van der Waals surface area contributed by atoms with Crippen molar-refractivity contribution < 1.29 is 13.2 Å². The molecular weight excluding hydrogens is 436 g/mol. The molecule has 1 aromatic rings. The highest BCUT2D eigenvalue weighted by atomic mass is 32.2. The lowest BCUT2D eigenvalue weighted by Crippen LogP contribution is -2.50. The number of rotatable bonds is 12. The molecule has 0 aliphatic carbocycles. The molecule has 8 heteroatoms. The van der Waals surface area contributed by atoms with Gasteiger partial charge in [0, 0.05) is 25.2 Å². The van der Waals surface area contributed by atoms with Crippen LogP contribution >= 0.6 is 0 Å². The van der Waals surface area contributed by atoms with Crippen LogP contribution in [0.3, 0.4) is 0 Å². The summed E-state index contributed by atoms with van der Waals surface area (Å²) in [5, 5.41) is 2.97. The number of amidine groups is 1. The molecule has 0 radical (unpaired) electrons. The molecular formula is C25H40N4O3S. The summed E-state index contributed by atoms with van der Waals surface area (Å²) >= 11 is 0. The van der Waals surface area contributed by atoms with E-state index in [2.05, 4.69) is 12.2 Å². The van der Waals surface area contributed by atoms with E-state index in [0.717, 1.165) is 36.2 Å². The number of nitrogens with zero attached hydrogens (tertiary/aromatic N) is 2. The highest BCUT2D eigenvalue weighted by Crippen LogP contribution is 2.32. The molecule has 1 spiro atoms. The third-order valence-corrected chi connectivity index (χ3v) is 8.86. The Balaban J connectivity index is 1.47. The molecule has 3 N–H and O–H groups in total. The Bertz CT molecular complexity index is 950. The van der Waals surface area contributed by atoms with Crippen LogP contribution in [0, 0.1) is 6.92 Å². The van der Waals surface area contributed by atoms with Gasteiger partial charge >= 0.3 is 0 Å². The second-order valence-electron chi connectivity index (χ2n) is 9.57. The smallest absolute Gasteiger partial charge is 0.253 e. The average molecular weight is 477 g/mol. The van der Waals surface area contributed by atoms with E-state index in [-0.39, 0.29) is 11.7 Å². The summed E-state index contributed by atoms with van der Waals surface area (Å²) in [4.78, 5) is 17.5. The van der Waals surface area contributed by atoms with Gasteiger partial charge in [0.25, 0.3) is 5.91 Å². The van der Waals surface area contributed by atoms with Crippen LogP contribution in [0.2, 0.25) is 0 Å². The van der Waals surface area contributed by atoms with Crippen molar-refractivity contribution in [2.75, 3.05) is 24.6 Å². The predicted molar refractivity (Wildman–Crippen MR) is 135 cm³/mol. The summed E-state index contributed by atoms with van der Waals surface area (Å²) < 4.78 is 27.4. The van der Waals surface area contributed by atoms with E-state index in [9.17, 15) is 13.2 Å². The topological polar surface area (TPSA) is 105 Å². The number of carbonyl (C=O) groups is 1. The maximum absolute atomic E-state index is 12.9. The Morgan fingerprint density at radius 3 is 2.39 bits per heavy atom. The van der Waals surface area contributed by atoms with E-state index in [1.165, 1.54) is 36.4 Å². The van der Waals surface area contributed by atoms with E-state index in [1.807, 2.05) is 19.1 Å². The summed E-state index contributed by atoms with van der Waals surface area (Å²) in [6.45, 7) is 4.85. The van der Waals surface area contributed by atoms with Crippen molar-refractivity contribution in [1.82, 2.24) is 9.62 Å². The van der Waals surface area contributed by atoms with Crippen LogP contribution in [0.1, 0.15) is 82.3 Å². The standard InChI is InChI=1S/C25H40N4O3S/c1-3-4-5-6-7-8-9-10-23-27-24(30)25(28-23)14-16-29(17-15-25)33(31,32)18-13-21-11-12-22(26)19-20(21)2/h11-12,19H,3-10,13-18,26H2,1-2H3,(H,27,28,30). The fourth-order valence-electron chi connectivity index (χ4n) is 4.79. The monoisotopic (exact) mass is 476 g/mol. The van der Waals surface area contributed by atoms with Crippen LogP contribution in [0.5, 0.6) is 0 Å². The number of nitrogens with two attached hydrogens (primary N) is 1. The lowest BCUT2D eigenvalue weighted by molar-refractivity contribution is -0.124. The fraction of sp³-hybridized carbons (Fsp3) is 0.680. The van der Waals surface area contributed by atoms with E-state index in [4.69, 9.17) is 10.7 Å². The van der Waals surface area contributed by atoms with Crippen LogP contribution in [0.25, 0.3) is 0 Å². The molecule has 184 valence electrons. The normalized spacial score (nSPS) is 18.5. The van der Waals surface area contributed by atoms with Crippen molar-refractivity contribution in [3.05, 3.63) is 29.3 Å². The Morgan fingerprint density at radius 2 is 1.73 bits per heavy atom. The number of amides is 1. The number of benzene rings is 1. The number of hydrogen-bond acceptors (Lipinski definition) is 5. The molecule has 7 nitrogen and oxygen atoms in total. The van der Waals surface area contributed by atoms with Gasteiger partial charge < -0.3 is 11.1 Å². The minimum atomic E-state index is -3.39. The van der Waals surface area contributed by atoms with Gasteiger partial charge in [-0.15, -0.1) is 0 Å². The first kappa shape index (κ1) is 25.7. The summed E-state index contributed by atoms with van der Waals surface area (Å²) in [5.74, 6) is 0.780. The highest BCUT2D eigenvalue weighted by molar-refractivity contribution is 7.89. The number of anilines is 1.